The standard InChI is InChI=1S/C16H26N2O2/c1-12(2)20-14-7-5-13(6-8-14)16-15(11-17-3)19-10-9-18(16)4/h5-8,12,15-17H,9-11H2,1-4H3. The molecule has 0 spiro atoms. The van der Waals surface area contributed by atoms with Crippen LogP contribution in [0.1, 0.15) is 25.5 Å². The zero-order valence-corrected chi connectivity index (χ0v) is 12.9. The lowest BCUT2D eigenvalue weighted by Gasteiger charge is -2.39. The molecule has 2 rings (SSSR count). The second-order valence-corrected chi connectivity index (χ2v) is 5.63. The fourth-order valence-corrected chi connectivity index (χ4v) is 2.72. The molecule has 1 saturated heterocycles. The molecule has 1 fully saturated rings. The minimum absolute atomic E-state index is 0.190. The van der Waals surface area contributed by atoms with Gasteiger partial charge < -0.3 is 14.8 Å². The van der Waals surface area contributed by atoms with Gasteiger partial charge in [0.15, 0.2) is 0 Å². The molecule has 4 nitrogen and oxygen atoms in total. The maximum atomic E-state index is 5.92. The van der Waals surface area contributed by atoms with E-state index >= 15 is 0 Å². The summed E-state index contributed by atoms with van der Waals surface area (Å²) >= 11 is 0. The monoisotopic (exact) mass is 278 g/mol. The minimum Gasteiger partial charge on any atom is -0.491 e. The highest BCUT2D eigenvalue weighted by molar-refractivity contribution is 5.30. The topological polar surface area (TPSA) is 33.7 Å². The Balaban J connectivity index is 2.14. The van der Waals surface area contributed by atoms with Gasteiger partial charge in [0.05, 0.1) is 24.9 Å². The van der Waals surface area contributed by atoms with Gasteiger partial charge in [-0.25, -0.2) is 0 Å². The van der Waals surface area contributed by atoms with Crippen molar-refractivity contribution < 1.29 is 9.47 Å². The zero-order valence-electron chi connectivity index (χ0n) is 12.9. The van der Waals surface area contributed by atoms with Crippen LogP contribution in [0.3, 0.4) is 0 Å². The first-order chi connectivity index (χ1) is 9.61. The van der Waals surface area contributed by atoms with E-state index in [0.29, 0.717) is 6.04 Å². The third-order valence-electron chi connectivity index (χ3n) is 3.60. The second-order valence-electron chi connectivity index (χ2n) is 5.63. The Morgan fingerprint density at radius 1 is 1.35 bits per heavy atom. The Hall–Kier alpha value is -1.10. The molecule has 1 heterocycles. The molecular weight excluding hydrogens is 252 g/mol. The Morgan fingerprint density at radius 3 is 2.65 bits per heavy atom. The fourth-order valence-electron chi connectivity index (χ4n) is 2.72. The Labute approximate surface area is 122 Å². The zero-order chi connectivity index (χ0) is 14.5. The number of nitrogens with zero attached hydrogens (tertiary/aromatic N) is 1. The molecule has 0 aromatic heterocycles. The fraction of sp³-hybridized carbons (Fsp3) is 0.625. The molecule has 2 atom stereocenters. The largest absolute Gasteiger partial charge is 0.491 e. The number of morpholine rings is 1. The molecule has 1 N–H and O–H groups in total. The van der Waals surface area contributed by atoms with Gasteiger partial charge in [-0.15, -0.1) is 0 Å². The van der Waals surface area contributed by atoms with Gasteiger partial charge in [-0.2, -0.15) is 0 Å². The van der Waals surface area contributed by atoms with Crippen LogP contribution < -0.4 is 10.1 Å². The molecule has 4 heteroatoms. The average Bonchev–Trinajstić information content (AvgIpc) is 2.40. The van der Waals surface area contributed by atoms with Gasteiger partial charge in [0.1, 0.15) is 5.75 Å². The molecule has 1 aliphatic heterocycles. The van der Waals surface area contributed by atoms with Crippen LogP contribution in [-0.2, 0) is 4.74 Å². The molecule has 1 aliphatic rings. The van der Waals surface area contributed by atoms with Crippen LogP contribution in [0.25, 0.3) is 0 Å². The van der Waals surface area contributed by atoms with Crippen LogP contribution in [0.15, 0.2) is 24.3 Å². The molecule has 0 radical (unpaired) electrons. The maximum absolute atomic E-state index is 5.92. The maximum Gasteiger partial charge on any atom is 0.119 e. The van der Waals surface area contributed by atoms with E-state index in [1.807, 2.05) is 33.0 Å². The molecule has 0 bridgehead atoms. The van der Waals surface area contributed by atoms with Crippen molar-refractivity contribution in [2.24, 2.45) is 0 Å². The first-order valence-electron chi connectivity index (χ1n) is 7.35. The van der Waals surface area contributed by atoms with Gasteiger partial charge in [0.2, 0.25) is 0 Å². The number of hydrogen-bond acceptors (Lipinski definition) is 4. The van der Waals surface area contributed by atoms with Crippen molar-refractivity contribution in [3.8, 4) is 5.75 Å². The molecule has 0 saturated carbocycles. The van der Waals surface area contributed by atoms with Gasteiger partial charge in [-0.1, -0.05) is 12.1 Å². The number of hydrogen-bond donors (Lipinski definition) is 1. The van der Waals surface area contributed by atoms with E-state index in [1.54, 1.807) is 0 Å². The van der Waals surface area contributed by atoms with Gasteiger partial charge in [-0.05, 0) is 45.6 Å². The highest BCUT2D eigenvalue weighted by Gasteiger charge is 2.30. The summed E-state index contributed by atoms with van der Waals surface area (Å²) in [6.07, 6.45) is 0.397. The summed E-state index contributed by atoms with van der Waals surface area (Å²) in [5, 5.41) is 3.22. The first-order valence-corrected chi connectivity index (χ1v) is 7.35. The van der Waals surface area contributed by atoms with E-state index in [0.717, 1.165) is 25.4 Å². The van der Waals surface area contributed by atoms with Gasteiger partial charge in [0, 0.05) is 13.1 Å². The van der Waals surface area contributed by atoms with E-state index < -0.39 is 0 Å². The van der Waals surface area contributed by atoms with E-state index in [-0.39, 0.29) is 12.2 Å². The summed E-state index contributed by atoms with van der Waals surface area (Å²) < 4.78 is 11.6. The molecule has 2 unspecified atom stereocenters. The van der Waals surface area contributed by atoms with Crippen LogP contribution in [0, 0.1) is 0 Å². The van der Waals surface area contributed by atoms with Crippen LogP contribution in [0.4, 0.5) is 0 Å². The van der Waals surface area contributed by atoms with Gasteiger partial charge in [-0.3, -0.25) is 4.90 Å². The summed E-state index contributed by atoms with van der Waals surface area (Å²) in [5.74, 6) is 0.924. The minimum atomic E-state index is 0.190. The summed E-state index contributed by atoms with van der Waals surface area (Å²) in [7, 11) is 4.13. The first kappa shape index (κ1) is 15.3. The Morgan fingerprint density at radius 2 is 2.05 bits per heavy atom. The van der Waals surface area contributed by atoms with E-state index in [4.69, 9.17) is 9.47 Å². The highest BCUT2D eigenvalue weighted by Crippen LogP contribution is 2.29. The molecule has 0 aliphatic carbocycles. The normalized spacial score (nSPS) is 24.1. The molecule has 20 heavy (non-hydrogen) atoms. The average molecular weight is 278 g/mol. The molecule has 1 aromatic rings. The van der Waals surface area contributed by atoms with Gasteiger partial charge in [0.25, 0.3) is 0 Å². The highest BCUT2D eigenvalue weighted by atomic mass is 16.5. The molecular formula is C16H26N2O2. The van der Waals surface area contributed by atoms with Crippen LogP contribution in [0.5, 0.6) is 5.75 Å². The lowest BCUT2D eigenvalue weighted by Crippen LogP contribution is -2.46. The van der Waals surface area contributed by atoms with Crippen LogP contribution >= 0.6 is 0 Å². The summed E-state index contributed by atoms with van der Waals surface area (Å²) in [5.41, 5.74) is 1.28. The van der Waals surface area contributed by atoms with Crippen molar-refractivity contribution in [2.75, 3.05) is 33.8 Å². The second kappa shape index (κ2) is 7.07. The lowest BCUT2D eigenvalue weighted by molar-refractivity contribution is -0.0606. The van der Waals surface area contributed by atoms with E-state index in [1.165, 1.54) is 5.56 Å². The SMILES string of the molecule is CNCC1OCCN(C)C1c1ccc(OC(C)C)cc1. The van der Waals surface area contributed by atoms with E-state index in [9.17, 15) is 0 Å². The third-order valence-corrected chi connectivity index (χ3v) is 3.60. The predicted octanol–water partition coefficient (Wildman–Crippen LogP) is 2.06. The number of nitrogens with one attached hydrogen (secondary N) is 1. The summed E-state index contributed by atoms with van der Waals surface area (Å²) in [6, 6.07) is 8.69. The quantitative estimate of drug-likeness (QED) is 0.894. The molecule has 0 amide bonds. The van der Waals surface area contributed by atoms with Crippen molar-refractivity contribution in [1.82, 2.24) is 10.2 Å². The van der Waals surface area contributed by atoms with Crippen LogP contribution in [-0.4, -0.2) is 50.9 Å². The number of benzene rings is 1. The summed E-state index contributed by atoms with van der Waals surface area (Å²) in [4.78, 5) is 2.36. The number of likely N-dealkylation sites (N-methyl/N-ethyl adjacent to an activating group) is 2. The third kappa shape index (κ3) is 3.72. The van der Waals surface area contributed by atoms with Crippen molar-refractivity contribution >= 4 is 0 Å². The summed E-state index contributed by atoms with van der Waals surface area (Å²) in [6.45, 7) is 6.71. The number of ether oxygens (including phenoxy) is 2. The van der Waals surface area contributed by atoms with Crippen LogP contribution in [0.2, 0.25) is 0 Å². The number of rotatable bonds is 5. The van der Waals surface area contributed by atoms with Gasteiger partial charge >= 0.3 is 0 Å². The smallest absolute Gasteiger partial charge is 0.119 e. The van der Waals surface area contributed by atoms with Crippen molar-refractivity contribution in [3.63, 3.8) is 0 Å². The van der Waals surface area contributed by atoms with Crippen molar-refractivity contribution in [3.05, 3.63) is 29.8 Å². The molecule has 1 aromatic carbocycles. The van der Waals surface area contributed by atoms with Crippen molar-refractivity contribution in [1.29, 1.82) is 0 Å². The van der Waals surface area contributed by atoms with E-state index in [2.05, 4.69) is 29.4 Å². The van der Waals surface area contributed by atoms with Crippen molar-refractivity contribution in [2.45, 2.75) is 32.1 Å². The molecule has 112 valence electrons. The Kier molecular flexibility index (Phi) is 5.40. The Bertz CT molecular complexity index is 403. The lowest BCUT2D eigenvalue weighted by atomic mass is 9.98. The predicted molar refractivity (Wildman–Crippen MR) is 81.2 cm³/mol.